The molecular weight excluding hydrogens is 236 g/mol. The molecule has 0 aliphatic rings. The summed E-state index contributed by atoms with van der Waals surface area (Å²) in [6.07, 6.45) is 4.43. The van der Waals surface area contributed by atoms with Gasteiger partial charge in [0.2, 0.25) is 0 Å². The minimum Gasteiger partial charge on any atom is -0.411 e. The molecule has 18 heavy (non-hydrogen) atoms. The zero-order chi connectivity index (χ0) is 13.2. The smallest absolute Gasteiger partial charge is 0.265 e. The molecule has 0 aliphatic heterocycles. The van der Waals surface area contributed by atoms with Crippen LogP contribution in [-0.4, -0.2) is 41.3 Å². The number of nitrogens with zero attached hydrogens (tertiary/aromatic N) is 2. The van der Waals surface area contributed by atoms with Crippen molar-refractivity contribution < 1.29 is 14.8 Å². The van der Waals surface area contributed by atoms with Gasteiger partial charge in [-0.15, -0.1) is 0 Å². The zero-order valence-corrected chi connectivity index (χ0v) is 9.67. The van der Waals surface area contributed by atoms with Crippen LogP contribution in [-0.2, 0) is 4.79 Å². The maximum atomic E-state index is 11.6. The fourth-order valence-electron chi connectivity index (χ4n) is 1.20. The maximum absolute atomic E-state index is 11.6. The molecule has 7 nitrogen and oxygen atoms in total. The molecule has 1 aromatic heterocycles. The summed E-state index contributed by atoms with van der Waals surface area (Å²) in [4.78, 5) is 26.2. The first-order valence-electron chi connectivity index (χ1n) is 5.37. The van der Waals surface area contributed by atoms with E-state index in [1.54, 1.807) is 18.3 Å². The number of rotatable bonds is 6. The molecule has 0 saturated heterocycles. The summed E-state index contributed by atoms with van der Waals surface area (Å²) in [6, 6.07) is 3.35. The summed E-state index contributed by atoms with van der Waals surface area (Å²) >= 11 is 0. The molecule has 1 heterocycles. The Balaban J connectivity index is 2.15. The largest absolute Gasteiger partial charge is 0.411 e. The third kappa shape index (κ3) is 5.06. The van der Waals surface area contributed by atoms with Crippen LogP contribution < -0.4 is 10.6 Å². The predicted octanol–water partition coefficient (Wildman–Crippen LogP) is -0.222. The standard InChI is InChI=1S/C11H14N4O3/c16-10(8-15-18)13-5-2-6-14-11(17)9-3-1-4-12-7-9/h1,3-4,7-8,18H,2,5-6H2,(H,13,16)(H,14,17). The summed E-state index contributed by atoms with van der Waals surface area (Å²) in [5.41, 5.74) is 0.494. The number of pyridine rings is 1. The van der Waals surface area contributed by atoms with Crippen LogP contribution in [0.25, 0.3) is 0 Å². The lowest BCUT2D eigenvalue weighted by molar-refractivity contribution is -0.114. The number of aromatic nitrogens is 1. The number of nitrogens with one attached hydrogen (secondary N) is 2. The van der Waals surface area contributed by atoms with Gasteiger partial charge in [-0.05, 0) is 18.6 Å². The first-order chi connectivity index (χ1) is 8.74. The van der Waals surface area contributed by atoms with Crippen LogP contribution in [0.3, 0.4) is 0 Å². The SMILES string of the molecule is O=C(C=NO)NCCCNC(=O)c1cccnc1. The lowest BCUT2D eigenvalue weighted by atomic mass is 10.2. The Kier molecular flexibility index (Phi) is 5.88. The Morgan fingerprint density at radius 3 is 2.83 bits per heavy atom. The van der Waals surface area contributed by atoms with Crippen LogP contribution in [0, 0.1) is 0 Å². The Morgan fingerprint density at radius 2 is 2.17 bits per heavy atom. The molecule has 1 aromatic rings. The second kappa shape index (κ2) is 7.77. The molecule has 0 bridgehead atoms. The third-order valence-corrected chi connectivity index (χ3v) is 2.04. The number of amides is 2. The summed E-state index contributed by atoms with van der Waals surface area (Å²) < 4.78 is 0. The lowest BCUT2D eigenvalue weighted by Crippen LogP contribution is -2.30. The van der Waals surface area contributed by atoms with Crippen LogP contribution in [0.2, 0.25) is 0 Å². The van der Waals surface area contributed by atoms with Gasteiger partial charge < -0.3 is 15.8 Å². The van der Waals surface area contributed by atoms with Crippen LogP contribution >= 0.6 is 0 Å². The first-order valence-corrected chi connectivity index (χ1v) is 5.37. The molecular formula is C11H14N4O3. The normalized spacial score (nSPS) is 10.2. The van der Waals surface area contributed by atoms with Gasteiger partial charge in [-0.3, -0.25) is 14.6 Å². The average molecular weight is 250 g/mol. The van der Waals surface area contributed by atoms with Crippen molar-refractivity contribution in [1.29, 1.82) is 0 Å². The van der Waals surface area contributed by atoms with Crippen LogP contribution in [0.4, 0.5) is 0 Å². The van der Waals surface area contributed by atoms with Gasteiger partial charge >= 0.3 is 0 Å². The van der Waals surface area contributed by atoms with Gasteiger partial charge in [0.15, 0.2) is 0 Å². The quantitative estimate of drug-likeness (QED) is 0.281. The molecule has 96 valence electrons. The Bertz CT molecular complexity index is 420. The van der Waals surface area contributed by atoms with Crippen molar-refractivity contribution in [1.82, 2.24) is 15.6 Å². The molecule has 0 radical (unpaired) electrons. The van der Waals surface area contributed by atoms with E-state index in [9.17, 15) is 9.59 Å². The van der Waals surface area contributed by atoms with E-state index in [0.29, 0.717) is 25.1 Å². The highest BCUT2D eigenvalue weighted by Gasteiger charge is 2.03. The van der Waals surface area contributed by atoms with E-state index in [1.807, 2.05) is 0 Å². The van der Waals surface area contributed by atoms with Crippen molar-refractivity contribution >= 4 is 18.0 Å². The van der Waals surface area contributed by atoms with Crippen LogP contribution in [0.5, 0.6) is 0 Å². The number of carbonyl (C=O) groups is 2. The van der Waals surface area contributed by atoms with Crippen molar-refractivity contribution in [2.75, 3.05) is 13.1 Å². The number of hydrogen-bond donors (Lipinski definition) is 3. The summed E-state index contributed by atoms with van der Waals surface area (Å²) in [5, 5.41) is 15.8. The molecule has 0 aromatic carbocycles. The van der Waals surface area contributed by atoms with Crippen molar-refractivity contribution in [3.63, 3.8) is 0 Å². The van der Waals surface area contributed by atoms with E-state index in [1.165, 1.54) is 6.20 Å². The minimum atomic E-state index is -0.476. The third-order valence-electron chi connectivity index (χ3n) is 2.04. The molecule has 3 N–H and O–H groups in total. The molecule has 0 atom stereocenters. The average Bonchev–Trinajstić information content (AvgIpc) is 2.39. The first kappa shape index (κ1) is 13.6. The fourth-order valence-corrected chi connectivity index (χ4v) is 1.20. The van der Waals surface area contributed by atoms with Crippen molar-refractivity contribution in [3.05, 3.63) is 30.1 Å². The number of hydrogen-bond acceptors (Lipinski definition) is 5. The highest BCUT2D eigenvalue weighted by atomic mass is 16.4. The van der Waals surface area contributed by atoms with Gasteiger partial charge in [-0.25, -0.2) is 0 Å². The van der Waals surface area contributed by atoms with Crippen LogP contribution in [0.15, 0.2) is 29.7 Å². The minimum absolute atomic E-state index is 0.202. The van der Waals surface area contributed by atoms with E-state index < -0.39 is 5.91 Å². The van der Waals surface area contributed by atoms with Gasteiger partial charge in [0.25, 0.3) is 11.8 Å². The predicted molar refractivity (Wildman–Crippen MR) is 64.5 cm³/mol. The lowest BCUT2D eigenvalue weighted by Gasteiger charge is -2.05. The summed E-state index contributed by atoms with van der Waals surface area (Å²) in [7, 11) is 0. The number of oxime groups is 1. The highest BCUT2D eigenvalue weighted by molar-refractivity contribution is 6.25. The topological polar surface area (TPSA) is 104 Å². The molecule has 1 rings (SSSR count). The second-order valence-corrected chi connectivity index (χ2v) is 3.39. The molecule has 0 fully saturated rings. The van der Waals surface area contributed by atoms with E-state index in [2.05, 4.69) is 20.8 Å². The van der Waals surface area contributed by atoms with Gasteiger partial charge in [0.05, 0.1) is 5.56 Å². The van der Waals surface area contributed by atoms with E-state index in [0.717, 1.165) is 6.21 Å². The van der Waals surface area contributed by atoms with E-state index in [-0.39, 0.29) is 5.91 Å². The Hall–Kier alpha value is -2.44. The van der Waals surface area contributed by atoms with Gasteiger partial charge in [0, 0.05) is 25.5 Å². The summed E-state index contributed by atoms with van der Waals surface area (Å²) in [5.74, 6) is -0.678. The Morgan fingerprint density at radius 1 is 1.39 bits per heavy atom. The van der Waals surface area contributed by atoms with Crippen molar-refractivity contribution in [2.24, 2.45) is 5.16 Å². The van der Waals surface area contributed by atoms with E-state index in [4.69, 9.17) is 5.21 Å². The van der Waals surface area contributed by atoms with E-state index >= 15 is 0 Å². The monoisotopic (exact) mass is 250 g/mol. The molecule has 0 unspecified atom stereocenters. The highest BCUT2D eigenvalue weighted by Crippen LogP contribution is 1.94. The molecule has 7 heteroatoms. The van der Waals surface area contributed by atoms with Crippen LogP contribution in [0.1, 0.15) is 16.8 Å². The Labute approximate surface area is 104 Å². The fraction of sp³-hybridized carbons (Fsp3) is 0.273. The second-order valence-electron chi connectivity index (χ2n) is 3.39. The number of carbonyl (C=O) groups excluding carboxylic acids is 2. The van der Waals surface area contributed by atoms with Gasteiger partial charge in [-0.2, -0.15) is 0 Å². The van der Waals surface area contributed by atoms with Gasteiger partial charge in [-0.1, -0.05) is 5.16 Å². The molecule has 2 amide bonds. The zero-order valence-electron chi connectivity index (χ0n) is 9.67. The summed E-state index contributed by atoms with van der Waals surface area (Å²) in [6.45, 7) is 0.822. The van der Waals surface area contributed by atoms with Crippen molar-refractivity contribution in [2.45, 2.75) is 6.42 Å². The maximum Gasteiger partial charge on any atom is 0.265 e. The molecule has 0 spiro atoms. The van der Waals surface area contributed by atoms with Crippen molar-refractivity contribution in [3.8, 4) is 0 Å². The molecule has 0 aliphatic carbocycles. The molecule has 0 saturated carbocycles. The van der Waals surface area contributed by atoms with Gasteiger partial charge in [0.1, 0.15) is 6.21 Å².